The molecule has 1 aromatic rings. The van der Waals surface area contributed by atoms with E-state index in [9.17, 15) is 4.79 Å². The number of rotatable bonds is 5. The van der Waals surface area contributed by atoms with E-state index < -0.39 is 0 Å². The summed E-state index contributed by atoms with van der Waals surface area (Å²) in [5.41, 5.74) is 0. The van der Waals surface area contributed by atoms with Crippen LogP contribution in [0.4, 0.5) is 0 Å². The molecule has 23 heavy (non-hydrogen) atoms. The average molecular weight is 318 g/mol. The monoisotopic (exact) mass is 318 g/mol. The van der Waals surface area contributed by atoms with Gasteiger partial charge >= 0.3 is 0 Å². The summed E-state index contributed by atoms with van der Waals surface area (Å²) in [7, 11) is 0. The highest BCUT2D eigenvalue weighted by atomic mass is 16.5. The van der Waals surface area contributed by atoms with Crippen molar-refractivity contribution < 1.29 is 14.3 Å². The van der Waals surface area contributed by atoms with E-state index in [-0.39, 0.29) is 11.9 Å². The van der Waals surface area contributed by atoms with Gasteiger partial charge in [0.2, 0.25) is 5.91 Å². The van der Waals surface area contributed by atoms with Crippen molar-refractivity contribution in [3.8, 4) is 5.75 Å². The summed E-state index contributed by atoms with van der Waals surface area (Å²) in [4.78, 5) is 14.3. The lowest BCUT2D eigenvalue weighted by Crippen LogP contribution is -2.46. The Morgan fingerprint density at radius 3 is 2.74 bits per heavy atom. The number of hydrogen-bond donors (Lipinski definition) is 1. The Morgan fingerprint density at radius 1 is 1.26 bits per heavy atom. The molecule has 0 saturated carbocycles. The minimum absolute atomic E-state index is 0.176. The highest BCUT2D eigenvalue weighted by Crippen LogP contribution is 2.20. The van der Waals surface area contributed by atoms with Crippen molar-refractivity contribution in [2.24, 2.45) is 5.92 Å². The topological polar surface area (TPSA) is 50.8 Å². The van der Waals surface area contributed by atoms with Gasteiger partial charge in [0.05, 0.1) is 19.8 Å². The summed E-state index contributed by atoms with van der Waals surface area (Å²) in [6, 6.07) is 10.1. The zero-order valence-corrected chi connectivity index (χ0v) is 13.6. The maximum Gasteiger partial charge on any atom is 0.224 e. The molecule has 0 bridgehead atoms. The second-order valence-corrected chi connectivity index (χ2v) is 6.38. The van der Waals surface area contributed by atoms with Crippen molar-refractivity contribution in [2.45, 2.75) is 25.3 Å². The lowest BCUT2D eigenvalue weighted by Gasteiger charge is -2.33. The highest BCUT2D eigenvalue weighted by Gasteiger charge is 2.25. The van der Waals surface area contributed by atoms with E-state index in [0.717, 1.165) is 51.4 Å². The van der Waals surface area contributed by atoms with E-state index in [1.54, 1.807) is 0 Å². The van der Waals surface area contributed by atoms with Gasteiger partial charge in [-0.05, 0) is 30.9 Å². The molecule has 3 rings (SSSR count). The first-order valence-corrected chi connectivity index (χ1v) is 8.58. The molecule has 5 nitrogen and oxygen atoms in total. The maximum atomic E-state index is 12.4. The van der Waals surface area contributed by atoms with E-state index in [0.29, 0.717) is 18.9 Å². The number of morpholine rings is 1. The Labute approximate surface area is 137 Å². The number of carbonyl (C=O) groups excluding carboxylic acids is 1. The van der Waals surface area contributed by atoms with Crippen LogP contribution in [0.25, 0.3) is 0 Å². The molecular formula is C18H26N2O3. The van der Waals surface area contributed by atoms with Crippen molar-refractivity contribution in [1.29, 1.82) is 0 Å². The standard InChI is InChI=1S/C18H26N2O3/c21-18(12-16-14-22-11-8-19-16)20-9-6-15(7-10-20)13-23-17-4-2-1-3-5-17/h1-5,15-16,19H,6-14H2. The van der Waals surface area contributed by atoms with E-state index in [4.69, 9.17) is 9.47 Å². The molecule has 1 aromatic carbocycles. The molecular weight excluding hydrogens is 292 g/mol. The maximum absolute atomic E-state index is 12.4. The second-order valence-electron chi connectivity index (χ2n) is 6.38. The lowest BCUT2D eigenvalue weighted by atomic mass is 9.97. The number of piperidine rings is 1. The summed E-state index contributed by atoms with van der Waals surface area (Å²) in [5, 5.41) is 3.34. The predicted molar refractivity (Wildman–Crippen MR) is 88.5 cm³/mol. The number of carbonyl (C=O) groups is 1. The normalized spacial score (nSPS) is 22.8. The molecule has 2 aliphatic rings. The minimum Gasteiger partial charge on any atom is -0.493 e. The van der Waals surface area contributed by atoms with Crippen LogP contribution in [0.2, 0.25) is 0 Å². The van der Waals surface area contributed by atoms with Gasteiger partial charge in [0.15, 0.2) is 0 Å². The fourth-order valence-corrected chi connectivity index (χ4v) is 3.17. The number of hydrogen-bond acceptors (Lipinski definition) is 4. The quantitative estimate of drug-likeness (QED) is 0.897. The van der Waals surface area contributed by atoms with Crippen LogP contribution >= 0.6 is 0 Å². The zero-order chi connectivity index (χ0) is 15.9. The third kappa shape index (κ3) is 4.94. The number of amides is 1. The van der Waals surface area contributed by atoms with Gasteiger partial charge in [-0.3, -0.25) is 4.79 Å². The van der Waals surface area contributed by atoms with Gasteiger partial charge in [-0.1, -0.05) is 18.2 Å². The molecule has 5 heteroatoms. The first kappa shape index (κ1) is 16.3. The molecule has 2 heterocycles. The van der Waals surface area contributed by atoms with Crippen molar-refractivity contribution >= 4 is 5.91 Å². The smallest absolute Gasteiger partial charge is 0.224 e. The molecule has 0 aliphatic carbocycles. The Hall–Kier alpha value is -1.59. The number of para-hydroxylation sites is 1. The Morgan fingerprint density at radius 2 is 2.04 bits per heavy atom. The summed E-state index contributed by atoms with van der Waals surface area (Å²) >= 11 is 0. The van der Waals surface area contributed by atoms with Gasteiger partial charge in [-0.2, -0.15) is 0 Å². The van der Waals surface area contributed by atoms with Crippen LogP contribution in [-0.4, -0.2) is 56.3 Å². The van der Waals surface area contributed by atoms with Gasteiger partial charge in [0.25, 0.3) is 0 Å². The number of benzene rings is 1. The van der Waals surface area contributed by atoms with E-state index in [2.05, 4.69) is 5.32 Å². The van der Waals surface area contributed by atoms with Crippen LogP contribution in [0.5, 0.6) is 5.75 Å². The molecule has 0 radical (unpaired) electrons. The van der Waals surface area contributed by atoms with Gasteiger partial charge in [0, 0.05) is 32.1 Å². The van der Waals surface area contributed by atoms with Gasteiger partial charge in [0.1, 0.15) is 5.75 Å². The van der Waals surface area contributed by atoms with Crippen LogP contribution in [0, 0.1) is 5.92 Å². The van der Waals surface area contributed by atoms with Crippen molar-refractivity contribution in [1.82, 2.24) is 10.2 Å². The van der Waals surface area contributed by atoms with E-state index in [1.807, 2.05) is 35.2 Å². The first-order chi connectivity index (χ1) is 11.3. The third-order valence-corrected chi connectivity index (χ3v) is 4.62. The zero-order valence-electron chi connectivity index (χ0n) is 13.6. The van der Waals surface area contributed by atoms with Crippen molar-refractivity contribution in [2.75, 3.05) is 39.5 Å². The fraction of sp³-hybridized carbons (Fsp3) is 0.611. The van der Waals surface area contributed by atoms with Crippen LogP contribution < -0.4 is 10.1 Å². The molecule has 2 aliphatic heterocycles. The SMILES string of the molecule is O=C(CC1COCCN1)N1CCC(COc2ccccc2)CC1. The van der Waals surface area contributed by atoms with Crippen molar-refractivity contribution in [3.63, 3.8) is 0 Å². The molecule has 1 N–H and O–H groups in total. The second kappa shape index (κ2) is 8.31. The molecule has 1 atom stereocenters. The molecule has 0 aromatic heterocycles. The van der Waals surface area contributed by atoms with Crippen LogP contribution in [0.3, 0.4) is 0 Å². The summed E-state index contributed by atoms with van der Waals surface area (Å²) in [6.45, 7) is 4.66. The number of ether oxygens (including phenoxy) is 2. The molecule has 2 saturated heterocycles. The number of likely N-dealkylation sites (tertiary alicyclic amines) is 1. The summed E-state index contributed by atoms with van der Waals surface area (Å²) < 4.78 is 11.2. The Kier molecular flexibility index (Phi) is 5.88. The van der Waals surface area contributed by atoms with Crippen molar-refractivity contribution in [3.05, 3.63) is 30.3 Å². The van der Waals surface area contributed by atoms with Gasteiger partial charge in [-0.15, -0.1) is 0 Å². The molecule has 1 unspecified atom stereocenters. The highest BCUT2D eigenvalue weighted by molar-refractivity contribution is 5.77. The molecule has 0 spiro atoms. The number of nitrogens with one attached hydrogen (secondary N) is 1. The minimum atomic E-state index is 0.176. The summed E-state index contributed by atoms with van der Waals surface area (Å²) in [6.07, 6.45) is 2.59. The van der Waals surface area contributed by atoms with E-state index >= 15 is 0 Å². The number of nitrogens with zero attached hydrogens (tertiary/aromatic N) is 1. The fourth-order valence-electron chi connectivity index (χ4n) is 3.17. The third-order valence-electron chi connectivity index (χ3n) is 4.62. The average Bonchev–Trinajstić information content (AvgIpc) is 2.62. The largest absolute Gasteiger partial charge is 0.493 e. The Balaban J connectivity index is 1.37. The van der Waals surface area contributed by atoms with Gasteiger partial charge in [-0.25, -0.2) is 0 Å². The summed E-state index contributed by atoms with van der Waals surface area (Å²) in [5.74, 6) is 1.71. The van der Waals surface area contributed by atoms with Crippen LogP contribution in [0.15, 0.2) is 30.3 Å². The van der Waals surface area contributed by atoms with Gasteiger partial charge < -0.3 is 19.7 Å². The first-order valence-electron chi connectivity index (χ1n) is 8.58. The lowest BCUT2D eigenvalue weighted by molar-refractivity contribution is -0.134. The molecule has 1 amide bonds. The van der Waals surface area contributed by atoms with Crippen LogP contribution in [-0.2, 0) is 9.53 Å². The Bertz CT molecular complexity index is 480. The van der Waals surface area contributed by atoms with Crippen LogP contribution in [0.1, 0.15) is 19.3 Å². The predicted octanol–water partition coefficient (Wildman–Crippen LogP) is 1.68. The molecule has 126 valence electrons. The van der Waals surface area contributed by atoms with E-state index in [1.165, 1.54) is 0 Å². The molecule has 2 fully saturated rings.